The number of thioether (sulfide) groups is 1. The van der Waals surface area contributed by atoms with Gasteiger partial charge in [0.15, 0.2) is 12.5 Å². The van der Waals surface area contributed by atoms with Crippen LogP contribution in [0.2, 0.25) is 13.1 Å². The minimum absolute atomic E-state index is 0.339. The molecule has 10 heteroatoms. The summed E-state index contributed by atoms with van der Waals surface area (Å²) in [5, 5.41) is 4.99. The van der Waals surface area contributed by atoms with Crippen molar-refractivity contribution in [2.24, 2.45) is 5.11 Å². The second-order valence-corrected chi connectivity index (χ2v) is 13.3. The van der Waals surface area contributed by atoms with Gasteiger partial charge >= 0.3 is 0 Å². The molecule has 22 heavy (non-hydrogen) atoms. The fourth-order valence-corrected chi connectivity index (χ4v) is 3.92. The molecule has 0 aliphatic carbocycles. The number of halogens is 1. The van der Waals surface area contributed by atoms with Crippen LogP contribution in [0.15, 0.2) is 22.7 Å². The zero-order chi connectivity index (χ0) is 16.3. The lowest BCUT2D eigenvalue weighted by Crippen LogP contribution is -2.20. The van der Waals surface area contributed by atoms with E-state index in [1.54, 1.807) is 24.2 Å². The molecule has 0 bridgehead atoms. The number of rotatable bonds is 11. The fourth-order valence-electron chi connectivity index (χ4n) is 1.29. The maximum absolute atomic E-state index is 8.09. The molecule has 0 fully saturated rings. The number of ether oxygens (including phenoxy) is 2. The summed E-state index contributed by atoms with van der Waals surface area (Å²) in [5.74, 6) is 0. The summed E-state index contributed by atoms with van der Waals surface area (Å²) >= 11 is 7.85. The van der Waals surface area contributed by atoms with E-state index in [1.165, 1.54) is 0 Å². The van der Waals surface area contributed by atoms with Crippen molar-refractivity contribution in [3.8, 4) is 0 Å². The lowest BCUT2D eigenvalue weighted by molar-refractivity contribution is 0.0431. The van der Waals surface area contributed by atoms with Crippen molar-refractivity contribution in [1.82, 2.24) is 9.97 Å². The Hall–Kier alpha value is -0.833. The molecule has 1 aromatic rings. The van der Waals surface area contributed by atoms with Crippen LogP contribution in [-0.4, -0.2) is 49.1 Å². The van der Waals surface area contributed by atoms with Crippen LogP contribution >= 0.6 is 22.8 Å². The topological polar surface area (TPSA) is 93.0 Å². The van der Waals surface area contributed by atoms with Gasteiger partial charge in [0, 0.05) is 34.8 Å². The average molecular weight is 362 g/mol. The van der Waals surface area contributed by atoms with E-state index in [0.717, 1.165) is 16.1 Å². The van der Waals surface area contributed by atoms with Gasteiger partial charge in [-0.25, -0.2) is 9.97 Å². The maximum Gasteiger partial charge on any atom is 0.187 e. The van der Waals surface area contributed by atoms with Crippen molar-refractivity contribution in [3.63, 3.8) is 0 Å². The molecule has 1 aromatic heterocycles. The zero-order valence-electron chi connectivity index (χ0n) is 12.7. The van der Waals surface area contributed by atoms with Gasteiger partial charge in [-0.2, -0.15) is 11.1 Å². The van der Waals surface area contributed by atoms with E-state index in [2.05, 4.69) is 33.1 Å². The first-order valence-electron chi connectivity index (χ1n) is 6.80. The quantitative estimate of drug-likeness (QED) is 0.0879. The smallest absolute Gasteiger partial charge is 0.187 e. The first-order valence-corrected chi connectivity index (χ1v) is 12.0. The van der Waals surface area contributed by atoms with Crippen LogP contribution in [0.25, 0.3) is 10.4 Å². The van der Waals surface area contributed by atoms with Crippen LogP contribution in [-0.2, 0) is 16.1 Å². The third-order valence-electron chi connectivity index (χ3n) is 2.27. The summed E-state index contributed by atoms with van der Waals surface area (Å²) in [4.78, 5) is 11.2. The summed E-state index contributed by atoms with van der Waals surface area (Å²) in [6, 6.07) is 0. The Balaban J connectivity index is 2.15. The first kappa shape index (κ1) is 19.2. The van der Waals surface area contributed by atoms with Crippen molar-refractivity contribution in [2.45, 2.75) is 24.9 Å². The van der Waals surface area contributed by atoms with Crippen LogP contribution < -0.4 is 0 Å². The van der Waals surface area contributed by atoms with E-state index in [0.29, 0.717) is 33.0 Å². The molecule has 122 valence electrons. The molecule has 0 aliphatic heterocycles. The van der Waals surface area contributed by atoms with E-state index >= 15 is 0 Å². The second kappa shape index (κ2) is 10.8. The molecule has 1 rings (SSSR count). The Bertz CT molecular complexity index is 479. The first-order chi connectivity index (χ1) is 10.5. The van der Waals surface area contributed by atoms with E-state index in [4.69, 9.17) is 26.1 Å². The SMILES string of the molecule is C[Si](C)(Cl)CSc1ncc(COCCOCCN=[N+]=[N-])cn1. The highest BCUT2D eigenvalue weighted by atomic mass is 35.6. The molecular formula is C12H20ClN5O2SSi. The van der Waals surface area contributed by atoms with Crippen LogP contribution in [0.3, 0.4) is 0 Å². The van der Waals surface area contributed by atoms with E-state index in [-0.39, 0.29) is 0 Å². The Morgan fingerprint density at radius 3 is 2.59 bits per heavy atom. The van der Waals surface area contributed by atoms with Gasteiger partial charge in [-0.1, -0.05) is 30.0 Å². The molecule has 0 atom stereocenters. The van der Waals surface area contributed by atoms with Crippen LogP contribution in [0.1, 0.15) is 5.56 Å². The summed E-state index contributed by atoms with van der Waals surface area (Å²) in [6.07, 6.45) is 3.53. The van der Waals surface area contributed by atoms with E-state index in [9.17, 15) is 0 Å². The van der Waals surface area contributed by atoms with Gasteiger partial charge in [0.2, 0.25) is 0 Å². The molecule has 0 amide bonds. The van der Waals surface area contributed by atoms with Crippen LogP contribution in [0.4, 0.5) is 0 Å². The predicted molar refractivity (Wildman–Crippen MR) is 90.6 cm³/mol. The molecule has 0 saturated heterocycles. The van der Waals surface area contributed by atoms with Crippen molar-refractivity contribution < 1.29 is 9.47 Å². The number of hydrogen-bond acceptors (Lipinski definition) is 6. The summed E-state index contributed by atoms with van der Waals surface area (Å²) in [5.41, 5.74) is 9.00. The number of hydrogen-bond donors (Lipinski definition) is 0. The third-order valence-corrected chi connectivity index (χ3v) is 7.04. The highest BCUT2D eigenvalue weighted by molar-refractivity contribution is 8.01. The number of nitrogens with zero attached hydrogens (tertiary/aromatic N) is 5. The number of azide groups is 1. The second-order valence-electron chi connectivity index (χ2n) is 5.00. The minimum atomic E-state index is -1.61. The minimum Gasteiger partial charge on any atom is -0.379 e. The van der Waals surface area contributed by atoms with E-state index < -0.39 is 7.38 Å². The monoisotopic (exact) mass is 361 g/mol. The Morgan fingerprint density at radius 2 is 1.95 bits per heavy atom. The molecule has 0 spiro atoms. The predicted octanol–water partition coefficient (Wildman–Crippen LogP) is 3.40. The molecule has 1 heterocycles. The molecule has 7 nitrogen and oxygen atoms in total. The lowest BCUT2D eigenvalue weighted by atomic mass is 10.4. The Morgan fingerprint density at radius 1 is 1.27 bits per heavy atom. The van der Waals surface area contributed by atoms with Crippen molar-refractivity contribution >= 4 is 30.2 Å². The molecular weight excluding hydrogens is 342 g/mol. The van der Waals surface area contributed by atoms with Crippen LogP contribution in [0.5, 0.6) is 0 Å². The van der Waals surface area contributed by atoms with Crippen molar-refractivity contribution in [1.29, 1.82) is 0 Å². The average Bonchev–Trinajstić information content (AvgIpc) is 2.48. The molecule has 0 aliphatic rings. The molecule has 0 radical (unpaired) electrons. The van der Waals surface area contributed by atoms with Gasteiger partial charge < -0.3 is 9.47 Å². The standard InChI is InChI=1S/C12H20ClN5O2SSi/c1-22(2,13)10-21-12-15-7-11(8-16-12)9-20-6-5-19-4-3-17-18-14/h7-8H,3-6,9-10H2,1-2H3. The largest absolute Gasteiger partial charge is 0.379 e. The molecule has 0 N–H and O–H groups in total. The van der Waals surface area contributed by atoms with Gasteiger partial charge in [-0.3, -0.25) is 0 Å². The summed E-state index contributed by atoms with van der Waals surface area (Å²) in [6.45, 7) is 6.31. The summed E-state index contributed by atoms with van der Waals surface area (Å²) < 4.78 is 10.7. The van der Waals surface area contributed by atoms with E-state index in [1.807, 2.05) is 0 Å². The highest BCUT2D eigenvalue weighted by Gasteiger charge is 2.17. The van der Waals surface area contributed by atoms with Gasteiger partial charge in [0.05, 0.1) is 26.4 Å². The molecule has 0 aromatic carbocycles. The van der Waals surface area contributed by atoms with Crippen molar-refractivity contribution in [2.75, 3.05) is 31.7 Å². The lowest BCUT2D eigenvalue weighted by Gasteiger charge is -2.10. The van der Waals surface area contributed by atoms with Gasteiger partial charge in [0.25, 0.3) is 0 Å². The molecule has 0 saturated carbocycles. The van der Waals surface area contributed by atoms with Gasteiger partial charge in [-0.15, -0.1) is 0 Å². The maximum atomic E-state index is 8.09. The Labute approximate surface area is 140 Å². The zero-order valence-corrected chi connectivity index (χ0v) is 15.3. The fraction of sp³-hybridized carbons (Fsp3) is 0.667. The van der Waals surface area contributed by atoms with Gasteiger partial charge in [0.1, 0.15) is 0 Å². The number of aromatic nitrogens is 2. The van der Waals surface area contributed by atoms with Gasteiger partial charge in [-0.05, 0) is 5.53 Å². The summed E-state index contributed by atoms with van der Waals surface area (Å²) in [7, 11) is -1.61. The normalized spacial score (nSPS) is 11.2. The molecule has 0 unspecified atom stereocenters. The van der Waals surface area contributed by atoms with Crippen molar-refractivity contribution in [3.05, 3.63) is 28.4 Å². The third kappa shape index (κ3) is 9.99. The highest BCUT2D eigenvalue weighted by Crippen LogP contribution is 2.20. The van der Waals surface area contributed by atoms with Crippen LogP contribution in [0, 0.1) is 0 Å². The Kier molecular flexibility index (Phi) is 9.45.